The average molecular weight is 507 g/mol. The fraction of sp³-hybridized carbons (Fsp3) is 0.912. The van der Waals surface area contributed by atoms with Crippen molar-refractivity contribution < 1.29 is 9.53 Å². The topological polar surface area (TPSA) is 26.3 Å². The fourth-order valence-corrected chi connectivity index (χ4v) is 5.18. The second-order valence-corrected chi connectivity index (χ2v) is 11.3. The molecule has 0 amide bonds. The molecule has 0 aliphatic rings. The van der Waals surface area contributed by atoms with E-state index in [1.807, 2.05) is 0 Å². The summed E-state index contributed by atoms with van der Waals surface area (Å²) in [6.45, 7) is 6.25. The summed E-state index contributed by atoms with van der Waals surface area (Å²) in [5.41, 5.74) is 0. The Morgan fingerprint density at radius 3 is 0.889 bits per heavy atom. The minimum absolute atomic E-state index is 0.296. The molecule has 0 atom stereocenters. The lowest BCUT2D eigenvalue weighted by Gasteiger charge is -2.05. The monoisotopic (exact) mass is 507 g/mol. The molecule has 0 saturated carbocycles. The molecule has 2 nitrogen and oxygen atoms in total. The highest BCUT2D eigenvalue weighted by molar-refractivity contribution is 5.81. The van der Waals surface area contributed by atoms with E-state index in [1.54, 1.807) is 0 Å². The summed E-state index contributed by atoms with van der Waals surface area (Å²) in [6.07, 6.45) is 42.3. The van der Waals surface area contributed by atoms with E-state index in [2.05, 4.69) is 13.5 Å². The standard InChI is InChI=1S/C34H66O2/c1-3-5-6-7-8-9-10-11-12-13-14-15-16-17-18-19-20-21-22-23-24-25-26-27-28-29-30-31-32-33-36-34(35)4-2/h4H,2-3,5-33H2,1H3. The molecule has 0 rings (SSSR count). The van der Waals surface area contributed by atoms with Crippen LogP contribution in [-0.4, -0.2) is 12.6 Å². The van der Waals surface area contributed by atoms with E-state index in [1.165, 1.54) is 186 Å². The van der Waals surface area contributed by atoms with Crippen LogP contribution in [0.25, 0.3) is 0 Å². The van der Waals surface area contributed by atoms with Gasteiger partial charge in [-0.1, -0.05) is 193 Å². The van der Waals surface area contributed by atoms with E-state index >= 15 is 0 Å². The highest BCUT2D eigenvalue weighted by Gasteiger charge is 1.98. The Hall–Kier alpha value is -0.790. The third-order valence-corrected chi connectivity index (χ3v) is 7.66. The van der Waals surface area contributed by atoms with E-state index in [-0.39, 0.29) is 5.97 Å². The first-order valence-corrected chi connectivity index (χ1v) is 16.6. The third-order valence-electron chi connectivity index (χ3n) is 7.66. The van der Waals surface area contributed by atoms with Crippen LogP contribution in [0.4, 0.5) is 0 Å². The lowest BCUT2D eigenvalue weighted by atomic mass is 10.0. The van der Waals surface area contributed by atoms with Crippen molar-refractivity contribution >= 4 is 5.97 Å². The van der Waals surface area contributed by atoms with Gasteiger partial charge in [0.25, 0.3) is 0 Å². The Morgan fingerprint density at radius 2 is 0.667 bits per heavy atom. The predicted molar refractivity (Wildman–Crippen MR) is 161 cm³/mol. The van der Waals surface area contributed by atoms with Gasteiger partial charge in [0.05, 0.1) is 6.61 Å². The van der Waals surface area contributed by atoms with Crippen molar-refractivity contribution in [2.45, 2.75) is 193 Å². The summed E-state index contributed by atoms with van der Waals surface area (Å²) in [5, 5.41) is 0. The van der Waals surface area contributed by atoms with Crippen molar-refractivity contribution in [3.8, 4) is 0 Å². The first-order valence-electron chi connectivity index (χ1n) is 16.6. The number of ether oxygens (including phenoxy) is 1. The lowest BCUT2D eigenvalue weighted by molar-refractivity contribution is -0.137. The number of unbranched alkanes of at least 4 members (excludes halogenated alkanes) is 28. The number of carbonyl (C=O) groups excluding carboxylic acids is 1. The number of esters is 1. The van der Waals surface area contributed by atoms with Crippen LogP contribution in [0.2, 0.25) is 0 Å². The SMILES string of the molecule is C=CC(=O)OCCCCCCCCCCCCCCCCCCCCCCCCCCCCCCC. The Bertz CT molecular complexity index is 431. The molecule has 0 aliphatic carbocycles. The van der Waals surface area contributed by atoms with Gasteiger partial charge in [0.1, 0.15) is 0 Å². The Kier molecular flexibility index (Phi) is 31.5. The lowest BCUT2D eigenvalue weighted by Crippen LogP contribution is -2.01. The van der Waals surface area contributed by atoms with Gasteiger partial charge in [-0.3, -0.25) is 0 Å². The molecule has 0 bridgehead atoms. The van der Waals surface area contributed by atoms with Crippen LogP contribution in [0, 0.1) is 0 Å². The second-order valence-electron chi connectivity index (χ2n) is 11.3. The van der Waals surface area contributed by atoms with Crippen molar-refractivity contribution in [3.05, 3.63) is 12.7 Å². The zero-order chi connectivity index (χ0) is 26.2. The molecule has 36 heavy (non-hydrogen) atoms. The fourth-order valence-electron chi connectivity index (χ4n) is 5.18. The molecule has 0 aromatic carbocycles. The summed E-state index contributed by atoms with van der Waals surface area (Å²) >= 11 is 0. The predicted octanol–water partition coefficient (Wildman–Crippen LogP) is 12.0. The first-order chi connectivity index (χ1) is 17.8. The van der Waals surface area contributed by atoms with Crippen molar-refractivity contribution in [3.63, 3.8) is 0 Å². The molecule has 0 unspecified atom stereocenters. The van der Waals surface area contributed by atoms with Gasteiger partial charge in [-0.15, -0.1) is 0 Å². The van der Waals surface area contributed by atoms with Crippen LogP contribution in [-0.2, 0) is 9.53 Å². The highest BCUT2D eigenvalue weighted by atomic mass is 16.5. The van der Waals surface area contributed by atoms with Gasteiger partial charge in [0.15, 0.2) is 0 Å². The van der Waals surface area contributed by atoms with Crippen LogP contribution < -0.4 is 0 Å². The number of carbonyl (C=O) groups is 1. The smallest absolute Gasteiger partial charge is 0.330 e. The highest BCUT2D eigenvalue weighted by Crippen LogP contribution is 2.16. The second kappa shape index (κ2) is 32.2. The zero-order valence-corrected chi connectivity index (χ0v) is 24.8. The number of hydrogen-bond donors (Lipinski definition) is 0. The van der Waals surface area contributed by atoms with E-state index in [0.717, 1.165) is 6.42 Å². The van der Waals surface area contributed by atoms with Crippen molar-refractivity contribution in [2.75, 3.05) is 6.61 Å². The zero-order valence-electron chi connectivity index (χ0n) is 24.8. The number of hydrogen-bond acceptors (Lipinski definition) is 2. The van der Waals surface area contributed by atoms with E-state index in [0.29, 0.717) is 6.61 Å². The van der Waals surface area contributed by atoms with Crippen LogP contribution in [0.3, 0.4) is 0 Å². The average Bonchev–Trinajstić information content (AvgIpc) is 2.89. The van der Waals surface area contributed by atoms with E-state index in [9.17, 15) is 4.79 Å². The van der Waals surface area contributed by atoms with Gasteiger partial charge in [0, 0.05) is 6.08 Å². The van der Waals surface area contributed by atoms with Crippen LogP contribution in [0.5, 0.6) is 0 Å². The first kappa shape index (κ1) is 35.2. The summed E-state index contributed by atoms with van der Waals surface area (Å²) in [4.78, 5) is 10.9. The largest absolute Gasteiger partial charge is 0.463 e. The van der Waals surface area contributed by atoms with Crippen molar-refractivity contribution in [1.29, 1.82) is 0 Å². The molecule has 2 heteroatoms. The maximum atomic E-state index is 10.9. The molecule has 0 saturated heterocycles. The maximum absolute atomic E-state index is 10.9. The molecule has 0 radical (unpaired) electrons. The Labute approximate surface area is 227 Å². The third kappa shape index (κ3) is 31.2. The summed E-state index contributed by atoms with van der Waals surface area (Å²) in [6, 6.07) is 0. The van der Waals surface area contributed by atoms with Crippen LogP contribution >= 0.6 is 0 Å². The summed E-state index contributed by atoms with van der Waals surface area (Å²) in [5.74, 6) is -0.296. The number of rotatable bonds is 31. The van der Waals surface area contributed by atoms with Gasteiger partial charge >= 0.3 is 5.97 Å². The molecule has 214 valence electrons. The van der Waals surface area contributed by atoms with E-state index < -0.39 is 0 Å². The molecule has 0 fully saturated rings. The quantitative estimate of drug-likeness (QED) is 0.0530. The molecule has 0 spiro atoms. The Balaban J connectivity index is 3.03. The summed E-state index contributed by atoms with van der Waals surface area (Å²) < 4.78 is 5.00. The van der Waals surface area contributed by atoms with Crippen molar-refractivity contribution in [1.82, 2.24) is 0 Å². The van der Waals surface area contributed by atoms with Gasteiger partial charge in [-0.25, -0.2) is 4.79 Å². The van der Waals surface area contributed by atoms with Gasteiger partial charge < -0.3 is 4.74 Å². The molecular formula is C34H66O2. The van der Waals surface area contributed by atoms with Gasteiger partial charge in [-0.2, -0.15) is 0 Å². The van der Waals surface area contributed by atoms with Crippen LogP contribution in [0.1, 0.15) is 193 Å². The minimum Gasteiger partial charge on any atom is -0.463 e. The molecule has 0 aromatic rings. The Morgan fingerprint density at radius 1 is 0.444 bits per heavy atom. The molecular weight excluding hydrogens is 440 g/mol. The van der Waals surface area contributed by atoms with Gasteiger partial charge in [-0.05, 0) is 6.42 Å². The van der Waals surface area contributed by atoms with Crippen LogP contribution in [0.15, 0.2) is 12.7 Å². The van der Waals surface area contributed by atoms with E-state index in [4.69, 9.17) is 4.74 Å². The molecule has 0 aliphatic heterocycles. The van der Waals surface area contributed by atoms with Crippen molar-refractivity contribution in [2.24, 2.45) is 0 Å². The molecule has 0 aromatic heterocycles. The summed E-state index contributed by atoms with van der Waals surface area (Å²) in [7, 11) is 0. The molecule has 0 heterocycles. The molecule has 0 N–H and O–H groups in total. The normalized spacial score (nSPS) is 11.1. The maximum Gasteiger partial charge on any atom is 0.330 e. The van der Waals surface area contributed by atoms with Gasteiger partial charge in [0.2, 0.25) is 0 Å². The minimum atomic E-state index is -0.296.